The molecule has 0 fully saturated rings. The SMILES string of the molecule is Cc1nc(COC(=O)c2cc(N)ccc2N(C)C)sc1C. The summed E-state index contributed by atoms with van der Waals surface area (Å²) in [5, 5.41) is 0.800. The highest BCUT2D eigenvalue weighted by atomic mass is 32.1. The first kappa shape index (κ1) is 15.3. The molecule has 0 atom stereocenters. The van der Waals surface area contributed by atoms with Gasteiger partial charge in [-0.15, -0.1) is 11.3 Å². The van der Waals surface area contributed by atoms with Crippen LogP contribution in [-0.2, 0) is 11.3 Å². The number of benzene rings is 1. The Morgan fingerprint density at radius 1 is 1.38 bits per heavy atom. The Bertz CT molecular complexity index is 645. The summed E-state index contributed by atoms with van der Waals surface area (Å²) in [6.07, 6.45) is 0. The van der Waals surface area contributed by atoms with Crippen LogP contribution in [0.25, 0.3) is 0 Å². The van der Waals surface area contributed by atoms with Crippen LogP contribution in [0.3, 0.4) is 0 Å². The molecule has 0 spiro atoms. The van der Waals surface area contributed by atoms with Crippen LogP contribution in [-0.4, -0.2) is 25.0 Å². The second-order valence-corrected chi connectivity index (χ2v) is 6.28. The Hall–Kier alpha value is -2.08. The molecule has 6 heteroatoms. The lowest BCUT2D eigenvalue weighted by atomic mass is 10.1. The lowest BCUT2D eigenvalue weighted by Gasteiger charge is -2.17. The maximum absolute atomic E-state index is 12.3. The number of nitrogens with two attached hydrogens (primary N) is 1. The van der Waals surface area contributed by atoms with Gasteiger partial charge in [-0.3, -0.25) is 0 Å². The van der Waals surface area contributed by atoms with Crippen molar-refractivity contribution >= 4 is 28.7 Å². The van der Waals surface area contributed by atoms with Crippen molar-refractivity contribution < 1.29 is 9.53 Å². The van der Waals surface area contributed by atoms with Gasteiger partial charge < -0.3 is 15.4 Å². The molecule has 21 heavy (non-hydrogen) atoms. The number of thiazole rings is 1. The van der Waals surface area contributed by atoms with Gasteiger partial charge in [0.05, 0.1) is 16.9 Å². The summed E-state index contributed by atoms with van der Waals surface area (Å²) in [7, 11) is 3.74. The summed E-state index contributed by atoms with van der Waals surface area (Å²) >= 11 is 1.54. The number of aryl methyl sites for hydroxylation is 2. The van der Waals surface area contributed by atoms with Gasteiger partial charge in [-0.1, -0.05) is 0 Å². The topological polar surface area (TPSA) is 68.4 Å². The Labute approximate surface area is 128 Å². The summed E-state index contributed by atoms with van der Waals surface area (Å²) in [4.78, 5) is 19.6. The molecule has 2 rings (SSSR count). The Morgan fingerprint density at radius 3 is 2.67 bits per heavy atom. The third-order valence-electron chi connectivity index (χ3n) is 3.12. The number of nitrogen functional groups attached to an aromatic ring is 1. The van der Waals surface area contributed by atoms with E-state index in [0.717, 1.165) is 21.3 Å². The van der Waals surface area contributed by atoms with Crippen molar-refractivity contribution in [1.29, 1.82) is 0 Å². The van der Waals surface area contributed by atoms with Crippen molar-refractivity contribution in [2.24, 2.45) is 0 Å². The van der Waals surface area contributed by atoms with Gasteiger partial charge in [0, 0.05) is 24.7 Å². The zero-order valence-electron chi connectivity index (χ0n) is 12.6. The Morgan fingerprint density at radius 2 is 2.10 bits per heavy atom. The molecule has 112 valence electrons. The van der Waals surface area contributed by atoms with E-state index in [9.17, 15) is 4.79 Å². The van der Waals surface area contributed by atoms with Crippen molar-refractivity contribution in [1.82, 2.24) is 4.98 Å². The van der Waals surface area contributed by atoms with E-state index in [1.807, 2.05) is 38.9 Å². The smallest absolute Gasteiger partial charge is 0.340 e. The number of anilines is 2. The maximum atomic E-state index is 12.3. The fourth-order valence-corrected chi connectivity index (χ4v) is 2.76. The van der Waals surface area contributed by atoms with Crippen LogP contribution in [0.15, 0.2) is 18.2 Å². The minimum absolute atomic E-state index is 0.180. The number of nitrogens with zero attached hydrogens (tertiary/aromatic N) is 2. The van der Waals surface area contributed by atoms with Crippen LogP contribution in [0.2, 0.25) is 0 Å². The molecule has 0 bridgehead atoms. The van der Waals surface area contributed by atoms with E-state index in [1.54, 1.807) is 23.5 Å². The fraction of sp³-hybridized carbons (Fsp3) is 0.333. The van der Waals surface area contributed by atoms with E-state index in [1.165, 1.54) is 0 Å². The van der Waals surface area contributed by atoms with Gasteiger partial charge in [-0.2, -0.15) is 0 Å². The standard InChI is InChI=1S/C15H19N3O2S/c1-9-10(2)21-14(17-9)8-20-15(19)12-7-11(16)5-6-13(12)18(3)4/h5-7H,8,16H2,1-4H3. The number of esters is 1. The van der Waals surface area contributed by atoms with E-state index >= 15 is 0 Å². The molecule has 0 aliphatic rings. The first-order valence-corrected chi connectivity index (χ1v) is 7.37. The van der Waals surface area contributed by atoms with Gasteiger partial charge in [-0.05, 0) is 32.0 Å². The lowest BCUT2D eigenvalue weighted by molar-refractivity contribution is 0.0473. The average Bonchev–Trinajstić information content (AvgIpc) is 2.74. The number of carbonyl (C=O) groups is 1. The first-order chi connectivity index (χ1) is 9.88. The van der Waals surface area contributed by atoms with E-state index < -0.39 is 5.97 Å². The van der Waals surface area contributed by atoms with Crippen LogP contribution in [0.4, 0.5) is 11.4 Å². The van der Waals surface area contributed by atoms with E-state index in [2.05, 4.69) is 4.98 Å². The summed E-state index contributed by atoms with van der Waals surface area (Å²) in [6.45, 7) is 4.12. The van der Waals surface area contributed by atoms with E-state index in [0.29, 0.717) is 11.3 Å². The molecule has 0 aliphatic heterocycles. The van der Waals surface area contributed by atoms with Crippen LogP contribution < -0.4 is 10.6 Å². The number of carbonyl (C=O) groups excluding carboxylic acids is 1. The Balaban J connectivity index is 2.15. The largest absolute Gasteiger partial charge is 0.455 e. The summed E-state index contributed by atoms with van der Waals surface area (Å²) in [5.74, 6) is -0.392. The van der Waals surface area contributed by atoms with E-state index in [-0.39, 0.29) is 6.61 Å². The highest BCUT2D eigenvalue weighted by Gasteiger charge is 2.16. The fourth-order valence-electron chi connectivity index (χ4n) is 1.91. The minimum Gasteiger partial charge on any atom is -0.455 e. The molecule has 0 saturated heterocycles. The number of aromatic nitrogens is 1. The van der Waals surface area contributed by atoms with Crippen LogP contribution in [0, 0.1) is 13.8 Å². The highest BCUT2D eigenvalue weighted by Crippen LogP contribution is 2.23. The number of hydrogen-bond acceptors (Lipinski definition) is 6. The van der Waals surface area contributed by atoms with Crippen molar-refractivity contribution in [2.75, 3.05) is 24.7 Å². The molecular weight excluding hydrogens is 286 g/mol. The van der Waals surface area contributed by atoms with Gasteiger partial charge in [0.2, 0.25) is 0 Å². The maximum Gasteiger partial charge on any atom is 0.340 e. The van der Waals surface area contributed by atoms with Crippen molar-refractivity contribution in [3.05, 3.63) is 39.3 Å². The van der Waals surface area contributed by atoms with Crippen LogP contribution in [0.1, 0.15) is 25.9 Å². The van der Waals surface area contributed by atoms with Gasteiger partial charge in [-0.25, -0.2) is 9.78 Å². The predicted octanol–water partition coefficient (Wildman–Crippen LogP) is 2.77. The molecule has 0 radical (unpaired) electrons. The summed E-state index contributed by atoms with van der Waals surface area (Å²) < 4.78 is 5.36. The van der Waals surface area contributed by atoms with Crippen LogP contribution >= 0.6 is 11.3 Å². The van der Waals surface area contributed by atoms with Crippen molar-refractivity contribution in [3.8, 4) is 0 Å². The second kappa shape index (κ2) is 6.13. The molecule has 0 unspecified atom stereocenters. The monoisotopic (exact) mass is 305 g/mol. The van der Waals surface area contributed by atoms with Gasteiger partial charge in [0.1, 0.15) is 11.6 Å². The molecule has 5 nitrogen and oxygen atoms in total. The van der Waals surface area contributed by atoms with Gasteiger partial charge in [0.15, 0.2) is 0 Å². The number of rotatable bonds is 4. The van der Waals surface area contributed by atoms with Crippen molar-refractivity contribution in [3.63, 3.8) is 0 Å². The van der Waals surface area contributed by atoms with Crippen molar-refractivity contribution in [2.45, 2.75) is 20.5 Å². The predicted molar refractivity (Wildman–Crippen MR) is 85.9 cm³/mol. The summed E-state index contributed by atoms with van der Waals surface area (Å²) in [5.41, 5.74) is 8.51. The molecule has 0 aliphatic carbocycles. The molecular formula is C15H19N3O2S. The second-order valence-electron chi connectivity index (χ2n) is 5.00. The minimum atomic E-state index is -0.392. The number of ether oxygens (including phenoxy) is 1. The van der Waals surface area contributed by atoms with Crippen LogP contribution in [0.5, 0.6) is 0 Å². The molecule has 0 amide bonds. The third kappa shape index (κ3) is 3.52. The van der Waals surface area contributed by atoms with Gasteiger partial charge in [0.25, 0.3) is 0 Å². The average molecular weight is 305 g/mol. The quantitative estimate of drug-likeness (QED) is 0.695. The molecule has 2 aromatic rings. The molecule has 0 saturated carbocycles. The molecule has 1 aromatic heterocycles. The normalized spacial score (nSPS) is 10.5. The molecule has 2 N–H and O–H groups in total. The zero-order valence-corrected chi connectivity index (χ0v) is 13.5. The van der Waals surface area contributed by atoms with E-state index in [4.69, 9.17) is 10.5 Å². The summed E-state index contributed by atoms with van der Waals surface area (Å²) in [6, 6.07) is 5.21. The first-order valence-electron chi connectivity index (χ1n) is 6.55. The highest BCUT2D eigenvalue weighted by molar-refractivity contribution is 7.11. The molecule has 1 aromatic carbocycles. The molecule has 1 heterocycles. The Kier molecular flexibility index (Phi) is 4.47. The van der Waals surface area contributed by atoms with Gasteiger partial charge >= 0.3 is 5.97 Å². The zero-order chi connectivity index (χ0) is 15.6. The lowest BCUT2D eigenvalue weighted by Crippen LogP contribution is -2.15. The number of hydrogen-bond donors (Lipinski definition) is 1. The third-order valence-corrected chi connectivity index (χ3v) is 4.17.